The van der Waals surface area contributed by atoms with E-state index < -0.39 is 18.3 Å². The summed E-state index contributed by atoms with van der Waals surface area (Å²) in [6.45, 7) is 1.04. The Hall–Kier alpha value is -3.28. The number of hydrogen-bond acceptors (Lipinski definition) is 6. The number of anilines is 3. The Balaban J connectivity index is 1.43. The van der Waals surface area contributed by atoms with Gasteiger partial charge in [-0.15, -0.1) is 0 Å². The van der Waals surface area contributed by atoms with Crippen molar-refractivity contribution in [2.45, 2.75) is 50.2 Å². The molecule has 4 heterocycles. The third-order valence-corrected chi connectivity index (χ3v) is 6.65. The Morgan fingerprint density at radius 1 is 1.26 bits per heavy atom. The molecule has 1 amide bonds. The summed E-state index contributed by atoms with van der Waals surface area (Å²) < 4.78 is 48.8. The number of fused-ring (bicyclic) bond motifs is 3. The number of benzene rings is 1. The molecule has 0 aliphatic carbocycles. The van der Waals surface area contributed by atoms with E-state index in [9.17, 15) is 22.8 Å². The maximum atomic E-state index is 14.0. The average molecular weight is 479 g/mol. The molecule has 5 rings (SSSR count). The predicted octanol–water partition coefficient (Wildman–Crippen LogP) is 2.69. The lowest BCUT2D eigenvalue weighted by atomic mass is 10.1. The molecule has 9 nitrogen and oxygen atoms in total. The number of carbonyl (C=O) groups is 1. The van der Waals surface area contributed by atoms with Crippen molar-refractivity contribution in [3.8, 4) is 0 Å². The van der Waals surface area contributed by atoms with Crippen LogP contribution in [0.3, 0.4) is 0 Å². The van der Waals surface area contributed by atoms with Crippen molar-refractivity contribution in [2.24, 2.45) is 0 Å². The fourth-order valence-electron chi connectivity index (χ4n) is 5.01. The number of nitrogens with zero attached hydrogens (tertiary/aromatic N) is 4. The fourth-order valence-corrected chi connectivity index (χ4v) is 5.01. The first kappa shape index (κ1) is 22.5. The topological polar surface area (TPSA) is 99.9 Å². The largest absolute Gasteiger partial charge is 0.465 e. The van der Waals surface area contributed by atoms with Crippen molar-refractivity contribution >= 4 is 23.5 Å². The van der Waals surface area contributed by atoms with Crippen molar-refractivity contribution in [1.82, 2.24) is 9.55 Å². The summed E-state index contributed by atoms with van der Waals surface area (Å²) in [5.74, 6) is 0.424. The summed E-state index contributed by atoms with van der Waals surface area (Å²) in [6.07, 6.45) is -4.76. The Bertz CT molecular complexity index is 1140. The van der Waals surface area contributed by atoms with Gasteiger partial charge in [0.25, 0.3) is 5.56 Å². The van der Waals surface area contributed by atoms with E-state index in [2.05, 4.69) is 10.3 Å². The first-order valence-electron chi connectivity index (χ1n) is 11.1. The van der Waals surface area contributed by atoms with E-state index >= 15 is 0 Å². The van der Waals surface area contributed by atoms with E-state index in [0.29, 0.717) is 24.7 Å². The zero-order valence-corrected chi connectivity index (χ0v) is 18.2. The molecule has 12 heteroatoms. The molecule has 1 aromatic carbocycles. The number of alkyl halides is 3. The van der Waals surface area contributed by atoms with Crippen LogP contribution in [0, 0.1) is 0 Å². The lowest BCUT2D eigenvalue weighted by Gasteiger charge is -2.39. The number of ether oxygens (including phenoxy) is 1. The molecule has 0 radical (unpaired) electrons. The van der Waals surface area contributed by atoms with Gasteiger partial charge in [-0.05, 0) is 37.0 Å². The molecule has 2 saturated heterocycles. The van der Waals surface area contributed by atoms with Crippen molar-refractivity contribution in [2.75, 3.05) is 34.8 Å². The molecule has 3 atom stereocenters. The summed E-state index contributed by atoms with van der Waals surface area (Å²) in [5.41, 5.74) is 0.745. The second-order valence-corrected chi connectivity index (χ2v) is 8.82. The summed E-state index contributed by atoms with van der Waals surface area (Å²) >= 11 is 0. The minimum atomic E-state index is -4.48. The van der Waals surface area contributed by atoms with E-state index in [1.165, 1.54) is 15.5 Å². The predicted molar refractivity (Wildman–Crippen MR) is 118 cm³/mol. The van der Waals surface area contributed by atoms with E-state index in [1.807, 2.05) is 4.90 Å². The Kier molecular flexibility index (Phi) is 5.62. The van der Waals surface area contributed by atoms with Gasteiger partial charge >= 0.3 is 12.3 Å². The second kappa shape index (κ2) is 8.49. The van der Waals surface area contributed by atoms with Crippen molar-refractivity contribution in [3.05, 3.63) is 46.2 Å². The highest BCUT2D eigenvalue weighted by Crippen LogP contribution is 2.36. The van der Waals surface area contributed by atoms with Crippen molar-refractivity contribution in [3.63, 3.8) is 0 Å². The van der Waals surface area contributed by atoms with Crippen LogP contribution in [0.2, 0.25) is 0 Å². The van der Waals surface area contributed by atoms with Crippen LogP contribution in [0.1, 0.15) is 18.4 Å². The van der Waals surface area contributed by atoms with Gasteiger partial charge in [0, 0.05) is 31.4 Å². The van der Waals surface area contributed by atoms with E-state index in [1.54, 1.807) is 24.3 Å². The first-order valence-corrected chi connectivity index (χ1v) is 11.1. The first-order chi connectivity index (χ1) is 16.2. The Morgan fingerprint density at radius 3 is 2.65 bits per heavy atom. The molecule has 0 saturated carbocycles. The number of amides is 1. The zero-order valence-electron chi connectivity index (χ0n) is 18.2. The van der Waals surface area contributed by atoms with Gasteiger partial charge in [0.15, 0.2) is 0 Å². The minimum Gasteiger partial charge on any atom is -0.465 e. The normalized spacial score (nSPS) is 23.8. The van der Waals surface area contributed by atoms with Gasteiger partial charge in [0.05, 0.1) is 18.8 Å². The van der Waals surface area contributed by atoms with Crippen LogP contribution >= 0.6 is 0 Å². The molecule has 2 fully saturated rings. The molecule has 3 aliphatic heterocycles. The maximum Gasteiger partial charge on any atom is 0.409 e. The number of nitrogens with one attached hydrogen (secondary N) is 1. The molecule has 34 heavy (non-hydrogen) atoms. The zero-order chi connectivity index (χ0) is 24.0. The van der Waals surface area contributed by atoms with Crippen LogP contribution in [0.25, 0.3) is 0 Å². The van der Waals surface area contributed by atoms with Crippen LogP contribution in [-0.4, -0.2) is 64.8 Å². The summed E-state index contributed by atoms with van der Waals surface area (Å²) in [7, 11) is 0. The Labute approximate surface area is 192 Å². The smallest absolute Gasteiger partial charge is 0.409 e. The monoisotopic (exact) mass is 479 g/mol. The Morgan fingerprint density at radius 2 is 2.03 bits per heavy atom. The van der Waals surface area contributed by atoms with Gasteiger partial charge in [-0.25, -0.2) is 4.79 Å². The maximum absolute atomic E-state index is 14.0. The number of aromatic nitrogens is 2. The van der Waals surface area contributed by atoms with Crippen molar-refractivity contribution in [1.29, 1.82) is 0 Å². The molecular weight excluding hydrogens is 455 g/mol. The third-order valence-electron chi connectivity index (χ3n) is 6.65. The third kappa shape index (κ3) is 4.29. The molecule has 3 aliphatic rings. The van der Waals surface area contributed by atoms with E-state index in [4.69, 9.17) is 9.84 Å². The van der Waals surface area contributed by atoms with Gasteiger partial charge in [-0.1, -0.05) is 12.1 Å². The van der Waals surface area contributed by atoms with Gasteiger partial charge in [0.2, 0.25) is 5.95 Å². The number of carboxylic acid groups (broad SMARTS) is 1. The lowest BCUT2D eigenvalue weighted by molar-refractivity contribution is -0.152. The SMILES string of the molecule is O=C(O)Nc1ccc(CCN2c3nc(N4CC5CC4CO5)cc(=O)n3CCC2C(F)(F)F)cc1. The fraction of sp³-hybridized carbons (Fsp3) is 0.500. The van der Waals surface area contributed by atoms with Crippen LogP contribution < -0.4 is 20.7 Å². The number of rotatable bonds is 5. The minimum absolute atomic E-state index is 0.000933. The molecule has 182 valence electrons. The molecule has 2 bridgehead atoms. The number of halogens is 3. The molecule has 3 unspecified atom stereocenters. The van der Waals surface area contributed by atoms with Crippen molar-refractivity contribution < 1.29 is 27.8 Å². The van der Waals surface area contributed by atoms with E-state index in [0.717, 1.165) is 12.0 Å². The number of morpholine rings is 1. The highest BCUT2D eigenvalue weighted by Gasteiger charge is 2.47. The lowest BCUT2D eigenvalue weighted by Crippen LogP contribution is -2.53. The van der Waals surface area contributed by atoms with Gasteiger partial charge in [-0.2, -0.15) is 18.2 Å². The molecular formula is C22H24F3N5O4. The highest BCUT2D eigenvalue weighted by molar-refractivity contribution is 5.82. The molecule has 1 aromatic heterocycles. The van der Waals surface area contributed by atoms with Crippen LogP contribution in [0.5, 0.6) is 0 Å². The highest BCUT2D eigenvalue weighted by atomic mass is 19.4. The molecule has 2 aromatic rings. The summed E-state index contributed by atoms with van der Waals surface area (Å²) in [6, 6.07) is 6.17. The van der Waals surface area contributed by atoms with Crippen LogP contribution in [0.15, 0.2) is 35.1 Å². The summed E-state index contributed by atoms with van der Waals surface area (Å²) in [5, 5.41) is 11.0. The van der Waals surface area contributed by atoms with Gasteiger partial charge in [-0.3, -0.25) is 14.7 Å². The van der Waals surface area contributed by atoms with E-state index in [-0.39, 0.29) is 49.6 Å². The second-order valence-electron chi connectivity index (χ2n) is 8.82. The van der Waals surface area contributed by atoms with Gasteiger partial charge in [0.1, 0.15) is 11.9 Å². The van der Waals surface area contributed by atoms with Crippen LogP contribution in [0.4, 0.5) is 35.4 Å². The van der Waals surface area contributed by atoms with Gasteiger partial charge < -0.3 is 19.6 Å². The molecule has 2 N–H and O–H groups in total. The molecule has 0 spiro atoms. The summed E-state index contributed by atoms with van der Waals surface area (Å²) in [4.78, 5) is 31.3. The number of hydrogen-bond donors (Lipinski definition) is 2. The quantitative estimate of drug-likeness (QED) is 0.680. The standard InChI is InChI=1S/C22H24F3N5O4/c23-22(24,25)17-6-8-29-19(31)10-18(30-11-16-9-15(30)12-34-16)27-20(29)28(17)7-5-13-1-3-14(4-2-13)26-21(32)33/h1-4,10,15-17,26H,5-9,11-12H2,(H,32,33). The average Bonchev–Trinajstić information content (AvgIpc) is 3.41. The van der Waals surface area contributed by atoms with Crippen LogP contribution in [-0.2, 0) is 17.7 Å².